The van der Waals surface area contributed by atoms with Gasteiger partial charge in [-0.25, -0.2) is 0 Å². The summed E-state index contributed by atoms with van der Waals surface area (Å²) in [4.78, 5) is 13.1. The number of carbonyl (C=O) groups is 1. The van der Waals surface area contributed by atoms with Crippen LogP contribution in [0.2, 0.25) is 0 Å². The SMILES string of the molecule is CC1=C(C(=O)Nc2cccc(C)c2C)[C@@H](c2ccccc2Br)NC(=S)N1. The molecule has 3 rings (SSSR count). The van der Waals surface area contributed by atoms with Crippen molar-refractivity contribution in [2.75, 3.05) is 5.32 Å². The molecule has 1 atom stereocenters. The minimum atomic E-state index is -0.329. The van der Waals surface area contributed by atoms with Crippen molar-refractivity contribution in [3.05, 3.63) is 74.9 Å². The molecule has 2 aromatic carbocycles. The summed E-state index contributed by atoms with van der Waals surface area (Å²) >= 11 is 8.89. The van der Waals surface area contributed by atoms with Gasteiger partial charge in [0.05, 0.1) is 11.6 Å². The predicted octanol–water partition coefficient (Wildman–Crippen LogP) is 4.50. The van der Waals surface area contributed by atoms with Gasteiger partial charge in [0.15, 0.2) is 5.11 Å². The lowest BCUT2D eigenvalue weighted by Gasteiger charge is -2.31. The first-order valence-electron chi connectivity index (χ1n) is 8.28. The van der Waals surface area contributed by atoms with E-state index in [1.54, 1.807) is 0 Å². The molecule has 2 aromatic rings. The highest BCUT2D eigenvalue weighted by molar-refractivity contribution is 9.10. The second-order valence-electron chi connectivity index (χ2n) is 6.29. The van der Waals surface area contributed by atoms with Crippen molar-refractivity contribution in [3.63, 3.8) is 0 Å². The molecule has 0 fully saturated rings. The van der Waals surface area contributed by atoms with Gasteiger partial charge in [-0.05, 0) is 61.8 Å². The van der Waals surface area contributed by atoms with E-state index in [0.717, 1.165) is 32.5 Å². The number of rotatable bonds is 3. The van der Waals surface area contributed by atoms with Crippen molar-refractivity contribution in [1.82, 2.24) is 10.6 Å². The van der Waals surface area contributed by atoms with E-state index in [2.05, 4.69) is 31.9 Å². The Balaban J connectivity index is 2.00. The first-order chi connectivity index (χ1) is 12.4. The minimum absolute atomic E-state index is 0.153. The van der Waals surface area contributed by atoms with Gasteiger partial charge in [-0.2, -0.15) is 0 Å². The van der Waals surface area contributed by atoms with E-state index in [1.165, 1.54) is 0 Å². The molecule has 0 bridgehead atoms. The molecule has 0 saturated heterocycles. The maximum Gasteiger partial charge on any atom is 0.255 e. The Labute approximate surface area is 167 Å². The van der Waals surface area contributed by atoms with Crippen molar-refractivity contribution in [3.8, 4) is 0 Å². The molecule has 0 unspecified atom stereocenters. The lowest BCUT2D eigenvalue weighted by Crippen LogP contribution is -2.45. The number of nitrogens with one attached hydrogen (secondary N) is 3. The third-order valence-corrected chi connectivity index (χ3v) is 5.52. The summed E-state index contributed by atoms with van der Waals surface area (Å²) in [7, 11) is 0. The normalized spacial score (nSPS) is 16.8. The largest absolute Gasteiger partial charge is 0.351 e. The molecule has 1 heterocycles. The smallest absolute Gasteiger partial charge is 0.255 e. The third-order valence-electron chi connectivity index (χ3n) is 4.58. The molecular formula is C20H20BrN3OS. The molecular weight excluding hydrogens is 410 g/mol. The maximum absolute atomic E-state index is 13.1. The fourth-order valence-corrected chi connectivity index (χ4v) is 3.80. The summed E-state index contributed by atoms with van der Waals surface area (Å²) < 4.78 is 0.923. The van der Waals surface area contributed by atoms with Crippen LogP contribution in [0.25, 0.3) is 0 Å². The van der Waals surface area contributed by atoms with Crippen LogP contribution in [-0.2, 0) is 4.79 Å². The number of hydrogen-bond acceptors (Lipinski definition) is 2. The zero-order valence-corrected chi connectivity index (χ0v) is 17.2. The molecule has 1 aliphatic rings. The topological polar surface area (TPSA) is 53.2 Å². The molecule has 3 N–H and O–H groups in total. The van der Waals surface area contributed by atoms with Crippen LogP contribution in [0.5, 0.6) is 0 Å². The standard InChI is InChI=1S/C20H20BrN3OS/c1-11-7-6-10-16(12(11)2)23-19(25)17-13(3)22-20(26)24-18(17)14-8-4-5-9-15(14)21/h4-10,18H,1-3H3,(H,23,25)(H2,22,24,26)/t18-/m1/s1. The van der Waals surface area contributed by atoms with Gasteiger partial charge >= 0.3 is 0 Å². The highest BCUT2D eigenvalue weighted by Gasteiger charge is 2.31. The molecule has 0 spiro atoms. The second-order valence-corrected chi connectivity index (χ2v) is 7.56. The fraction of sp³-hybridized carbons (Fsp3) is 0.200. The van der Waals surface area contributed by atoms with E-state index in [4.69, 9.17) is 12.2 Å². The van der Waals surface area contributed by atoms with Gasteiger partial charge in [-0.1, -0.05) is 46.3 Å². The van der Waals surface area contributed by atoms with Crippen LogP contribution in [0, 0.1) is 13.8 Å². The van der Waals surface area contributed by atoms with Crippen LogP contribution in [-0.4, -0.2) is 11.0 Å². The average molecular weight is 430 g/mol. The Morgan fingerprint density at radius 1 is 1.12 bits per heavy atom. The van der Waals surface area contributed by atoms with Crippen molar-refractivity contribution in [1.29, 1.82) is 0 Å². The van der Waals surface area contributed by atoms with Gasteiger partial charge < -0.3 is 16.0 Å². The van der Waals surface area contributed by atoms with E-state index >= 15 is 0 Å². The summed E-state index contributed by atoms with van der Waals surface area (Å²) in [5, 5.41) is 9.84. The van der Waals surface area contributed by atoms with E-state index in [0.29, 0.717) is 10.7 Å². The van der Waals surface area contributed by atoms with E-state index in [9.17, 15) is 4.79 Å². The number of amides is 1. The molecule has 4 nitrogen and oxygen atoms in total. The molecule has 1 amide bonds. The molecule has 0 saturated carbocycles. The molecule has 6 heteroatoms. The van der Waals surface area contributed by atoms with Crippen LogP contribution >= 0.6 is 28.1 Å². The molecule has 0 aliphatic carbocycles. The zero-order valence-electron chi connectivity index (χ0n) is 14.8. The number of benzene rings is 2. The van der Waals surface area contributed by atoms with Crippen LogP contribution in [0.4, 0.5) is 5.69 Å². The second kappa shape index (κ2) is 7.60. The zero-order chi connectivity index (χ0) is 18.8. The van der Waals surface area contributed by atoms with E-state index < -0.39 is 0 Å². The van der Waals surface area contributed by atoms with Gasteiger partial charge in [-0.15, -0.1) is 0 Å². The molecule has 0 aromatic heterocycles. The Bertz CT molecular complexity index is 923. The summed E-state index contributed by atoms with van der Waals surface area (Å²) in [6.07, 6.45) is 0. The van der Waals surface area contributed by atoms with Gasteiger partial charge in [0.25, 0.3) is 5.91 Å². The molecule has 0 radical (unpaired) electrons. The first-order valence-corrected chi connectivity index (χ1v) is 9.49. The van der Waals surface area contributed by atoms with Gasteiger partial charge in [0.2, 0.25) is 0 Å². The van der Waals surface area contributed by atoms with Crippen molar-refractivity contribution in [2.24, 2.45) is 0 Å². The minimum Gasteiger partial charge on any atom is -0.351 e. The van der Waals surface area contributed by atoms with Gasteiger partial charge in [0, 0.05) is 15.9 Å². The Morgan fingerprint density at radius 2 is 1.85 bits per heavy atom. The number of anilines is 1. The Morgan fingerprint density at radius 3 is 2.58 bits per heavy atom. The molecule has 1 aliphatic heterocycles. The Kier molecular flexibility index (Phi) is 5.44. The highest BCUT2D eigenvalue weighted by Crippen LogP contribution is 2.32. The first kappa shape index (κ1) is 18.6. The fourth-order valence-electron chi connectivity index (χ4n) is 3.01. The number of hydrogen-bond donors (Lipinski definition) is 3. The number of carbonyl (C=O) groups excluding carboxylic acids is 1. The highest BCUT2D eigenvalue weighted by atomic mass is 79.9. The van der Waals surface area contributed by atoms with Crippen LogP contribution in [0.15, 0.2) is 58.2 Å². The lowest BCUT2D eigenvalue weighted by atomic mass is 9.94. The third kappa shape index (κ3) is 3.66. The van der Waals surface area contributed by atoms with Gasteiger partial charge in [0.1, 0.15) is 0 Å². The van der Waals surface area contributed by atoms with Crippen molar-refractivity contribution < 1.29 is 4.79 Å². The average Bonchev–Trinajstić information content (AvgIpc) is 2.58. The summed E-state index contributed by atoms with van der Waals surface area (Å²) in [5.74, 6) is -0.153. The van der Waals surface area contributed by atoms with Crippen molar-refractivity contribution >= 4 is 44.9 Å². The summed E-state index contributed by atoms with van der Waals surface area (Å²) in [6.45, 7) is 5.90. The predicted molar refractivity (Wildman–Crippen MR) is 113 cm³/mol. The van der Waals surface area contributed by atoms with E-state index in [-0.39, 0.29) is 11.9 Å². The van der Waals surface area contributed by atoms with E-state index in [1.807, 2.05) is 63.2 Å². The Hall–Kier alpha value is -2.18. The number of thiocarbonyl (C=S) groups is 1. The van der Waals surface area contributed by atoms with Crippen LogP contribution in [0.1, 0.15) is 29.7 Å². The number of halogens is 1. The molecule has 26 heavy (non-hydrogen) atoms. The van der Waals surface area contributed by atoms with Crippen LogP contribution < -0.4 is 16.0 Å². The van der Waals surface area contributed by atoms with Crippen LogP contribution in [0.3, 0.4) is 0 Å². The quantitative estimate of drug-likeness (QED) is 0.628. The summed E-state index contributed by atoms with van der Waals surface area (Å²) in [6, 6.07) is 13.4. The van der Waals surface area contributed by atoms with Gasteiger partial charge in [-0.3, -0.25) is 4.79 Å². The summed E-state index contributed by atoms with van der Waals surface area (Å²) in [5.41, 5.74) is 5.33. The molecule has 134 valence electrons. The number of allylic oxidation sites excluding steroid dienone is 1. The van der Waals surface area contributed by atoms with Crippen molar-refractivity contribution in [2.45, 2.75) is 26.8 Å². The maximum atomic E-state index is 13.1. The monoisotopic (exact) mass is 429 g/mol. The number of aryl methyl sites for hydroxylation is 1. The lowest BCUT2D eigenvalue weighted by molar-refractivity contribution is -0.113.